The van der Waals surface area contributed by atoms with Gasteiger partial charge in [-0.2, -0.15) is 5.10 Å². The quantitative estimate of drug-likeness (QED) is 0.162. The molecule has 0 fully saturated rings. The van der Waals surface area contributed by atoms with E-state index in [1.54, 1.807) is 72.8 Å². The van der Waals surface area contributed by atoms with Gasteiger partial charge in [-0.15, -0.1) is 0 Å². The number of ether oxygens (including phenoxy) is 2. The van der Waals surface area contributed by atoms with Crippen molar-refractivity contribution in [2.75, 3.05) is 6.61 Å². The average Bonchev–Trinajstić information content (AvgIpc) is 2.79. The summed E-state index contributed by atoms with van der Waals surface area (Å²) in [5, 5.41) is 4.00. The van der Waals surface area contributed by atoms with Crippen molar-refractivity contribution in [3.05, 3.63) is 107 Å². The zero-order valence-corrected chi connectivity index (χ0v) is 18.0. The molecule has 0 saturated heterocycles. The number of para-hydroxylation sites is 1. The van der Waals surface area contributed by atoms with Crippen molar-refractivity contribution in [2.45, 2.75) is 0 Å². The Morgan fingerprint density at radius 3 is 2.52 bits per heavy atom. The largest absolute Gasteiger partial charge is 0.489 e. The maximum Gasteiger partial charge on any atom is 0.343 e. The second kappa shape index (κ2) is 10.9. The van der Waals surface area contributed by atoms with E-state index >= 15 is 0 Å². The zero-order chi connectivity index (χ0) is 22.1. The van der Waals surface area contributed by atoms with Crippen LogP contribution in [0.4, 0.5) is 0 Å². The number of carbonyl (C=O) groups is 2. The van der Waals surface area contributed by atoms with E-state index in [2.05, 4.69) is 33.0 Å². The lowest BCUT2D eigenvalue weighted by molar-refractivity contribution is 0.0734. The highest BCUT2D eigenvalue weighted by atomic mass is 79.9. The molecule has 31 heavy (non-hydrogen) atoms. The van der Waals surface area contributed by atoms with Crippen LogP contribution in [0.5, 0.6) is 11.5 Å². The summed E-state index contributed by atoms with van der Waals surface area (Å²) in [6.45, 7) is 3.87. The molecule has 0 aliphatic heterocycles. The molecular formula is C24H19BrN2O4. The lowest BCUT2D eigenvalue weighted by atomic mass is 10.2. The molecule has 6 nitrogen and oxygen atoms in total. The van der Waals surface area contributed by atoms with Crippen molar-refractivity contribution in [2.24, 2.45) is 5.10 Å². The number of carbonyl (C=O) groups excluding carboxylic acids is 2. The lowest BCUT2D eigenvalue weighted by Gasteiger charge is -2.10. The highest BCUT2D eigenvalue weighted by molar-refractivity contribution is 9.10. The summed E-state index contributed by atoms with van der Waals surface area (Å²) in [6, 6.07) is 20.7. The van der Waals surface area contributed by atoms with Crippen molar-refractivity contribution in [3.63, 3.8) is 0 Å². The predicted octanol–water partition coefficient (Wildman–Crippen LogP) is 5.00. The van der Waals surface area contributed by atoms with Crippen LogP contribution in [-0.4, -0.2) is 24.7 Å². The third-order valence-electron chi connectivity index (χ3n) is 4.04. The van der Waals surface area contributed by atoms with Gasteiger partial charge in [-0.3, -0.25) is 4.79 Å². The lowest BCUT2D eigenvalue weighted by Crippen LogP contribution is -2.19. The van der Waals surface area contributed by atoms with Crippen molar-refractivity contribution in [3.8, 4) is 11.5 Å². The van der Waals surface area contributed by atoms with Gasteiger partial charge >= 0.3 is 5.97 Å². The van der Waals surface area contributed by atoms with Crippen LogP contribution in [0.2, 0.25) is 0 Å². The Labute approximate surface area is 188 Å². The Morgan fingerprint density at radius 2 is 1.74 bits per heavy atom. The van der Waals surface area contributed by atoms with Gasteiger partial charge < -0.3 is 9.47 Å². The molecule has 0 saturated carbocycles. The van der Waals surface area contributed by atoms with Crippen LogP contribution in [-0.2, 0) is 0 Å². The molecule has 1 N–H and O–H groups in total. The van der Waals surface area contributed by atoms with E-state index in [0.717, 1.165) is 4.47 Å². The first-order valence-electron chi connectivity index (χ1n) is 9.31. The van der Waals surface area contributed by atoms with Crippen molar-refractivity contribution < 1.29 is 19.1 Å². The smallest absolute Gasteiger partial charge is 0.343 e. The third-order valence-corrected chi connectivity index (χ3v) is 4.54. The normalized spacial score (nSPS) is 10.5. The van der Waals surface area contributed by atoms with Crippen LogP contribution in [0.15, 0.2) is 95.0 Å². The van der Waals surface area contributed by atoms with Crippen molar-refractivity contribution in [1.29, 1.82) is 0 Å². The molecule has 1 amide bonds. The predicted molar refractivity (Wildman–Crippen MR) is 123 cm³/mol. The summed E-state index contributed by atoms with van der Waals surface area (Å²) in [7, 11) is 0. The highest BCUT2D eigenvalue weighted by Gasteiger charge is 2.13. The van der Waals surface area contributed by atoms with E-state index in [-0.39, 0.29) is 6.61 Å². The van der Waals surface area contributed by atoms with Crippen LogP contribution in [0.25, 0.3) is 0 Å². The number of nitrogens with zero attached hydrogens (tertiary/aromatic N) is 1. The number of halogens is 1. The van der Waals surface area contributed by atoms with Crippen molar-refractivity contribution in [1.82, 2.24) is 5.43 Å². The van der Waals surface area contributed by atoms with Crippen LogP contribution in [0, 0.1) is 0 Å². The standard InChI is InChI=1S/C24H19BrN2O4/c1-2-14-30-22-13-12-19(25)15-20(22)23(28)27-26-16-18-10-6-7-11-21(18)31-24(29)17-8-4-3-5-9-17/h2-13,15-16H,1,14H2,(H,27,28)/b26-16-. The Balaban J connectivity index is 1.72. The Morgan fingerprint density at radius 1 is 1.00 bits per heavy atom. The average molecular weight is 479 g/mol. The number of esters is 1. The minimum Gasteiger partial charge on any atom is -0.489 e. The van der Waals surface area contributed by atoms with Gasteiger partial charge in [0.15, 0.2) is 0 Å². The minimum atomic E-state index is -0.483. The van der Waals surface area contributed by atoms with Gasteiger partial charge in [-0.05, 0) is 42.5 Å². The molecule has 0 unspecified atom stereocenters. The molecule has 0 bridgehead atoms. The van der Waals surface area contributed by atoms with Gasteiger partial charge in [0.1, 0.15) is 18.1 Å². The first-order chi connectivity index (χ1) is 15.1. The first kappa shape index (κ1) is 22.0. The Bertz CT molecular complexity index is 1110. The second-order valence-electron chi connectivity index (χ2n) is 6.23. The van der Waals surface area contributed by atoms with E-state index in [4.69, 9.17) is 9.47 Å². The summed E-state index contributed by atoms with van der Waals surface area (Å²) < 4.78 is 11.7. The number of rotatable bonds is 8. The first-order valence-corrected chi connectivity index (χ1v) is 10.1. The number of amides is 1. The number of nitrogens with one attached hydrogen (secondary N) is 1. The fourth-order valence-electron chi connectivity index (χ4n) is 2.59. The Hall–Kier alpha value is -3.71. The number of hydrogen-bond acceptors (Lipinski definition) is 5. The van der Waals surface area contributed by atoms with E-state index in [9.17, 15) is 9.59 Å². The molecule has 3 rings (SSSR count). The zero-order valence-electron chi connectivity index (χ0n) is 16.5. The molecular weight excluding hydrogens is 460 g/mol. The number of hydrogen-bond donors (Lipinski definition) is 1. The minimum absolute atomic E-state index is 0.269. The monoisotopic (exact) mass is 478 g/mol. The highest BCUT2D eigenvalue weighted by Crippen LogP contribution is 2.23. The van der Waals surface area contributed by atoms with Gasteiger partial charge in [0, 0.05) is 10.0 Å². The van der Waals surface area contributed by atoms with Gasteiger partial charge in [0.05, 0.1) is 17.3 Å². The number of benzene rings is 3. The van der Waals surface area contributed by atoms with E-state index in [1.165, 1.54) is 6.21 Å². The summed E-state index contributed by atoms with van der Waals surface area (Å²) in [5.74, 6) is -0.196. The maximum absolute atomic E-state index is 12.6. The van der Waals surface area contributed by atoms with E-state index in [1.807, 2.05) is 6.07 Å². The third kappa shape index (κ3) is 6.13. The molecule has 3 aromatic carbocycles. The molecule has 3 aromatic rings. The molecule has 0 spiro atoms. The van der Waals surface area contributed by atoms with Crippen LogP contribution in [0.3, 0.4) is 0 Å². The molecule has 7 heteroatoms. The molecule has 0 atom stereocenters. The molecule has 0 aliphatic rings. The molecule has 0 heterocycles. The van der Waals surface area contributed by atoms with Gasteiger partial charge in [-0.1, -0.05) is 58.9 Å². The summed E-state index contributed by atoms with van der Waals surface area (Å²) in [6.07, 6.45) is 3.00. The van der Waals surface area contributed by atoms with E-state index in [0.29, 0.717) is 28.2 Å². The van der Waals surface area contributed by atoms with Crippen LogP contribution in [0.1, 0.15) is 26.3 Å². The fourth-order valence-corrected chi connectivity index (χ4v) is 2.95. The molecule has 0 aliphatic carbocycles. The summed E-state index contributed by atoms with van der Waals surface area (Å²) >= 11 is 3.35. The summed E-state index contributed by atoms with van der Waals surface area (Å²) in [5.41, 5.74) is 3.75. The number of hydrazone groups is 1. The fraction of sp³-hybridized carbons (Fsp3) is 0.0417. The van der Waals surface area contributed by atoms with E-state index < -0.39 is 11.9 Å². The van der Waals surface area contributed by atoms with Gasteiger partial charge in [0.2, 0.25) is 0 Å². The molecule has 0 aromatic heterocycles. The van der Waals surface area contributed by atoms with Crippen LogP contribution >= 0.6 is 15.9 Å². The molecule has 156 valence electrons. The van der Waals surface area contributed by atoms with Crippen molar-refractivity contribution >= 4 is 34.0 Å². The maximum atomic E-state index is 12.6. The van der Waals surface area contributed by atoms with Crippen LogP contribution < -0.4 is 14.9 Å². The molecule has 0 radical (unpaired) electrons. The van der Waals surface area contributed by atoms with Gasteiger partial charge in [0.25, 0.3) is 5.91 Å². The second-order valence-corrected chi connectivity index (χ2v) is 7.15. The van der Waals surface area contributed by atoms with Gasteiger partial charge in [-0.25, -0.2) is 10.2 Å². The summed E-state index contributed by atoms with van der Waals surface area (Å²) in [4.78, 5) is 24.9. The SMILES string of the molecule is C=CCOc1ccc(Br)cc1C(=O)N/N=C\c1ccccc1OC(=O)c1ccccc1. The Kier molecular flexibility index (Phi) is 7.73. The topological polar surface area (TPSA) is 77.0 Å².